The molecule has 1 aliphatic heterocycles. The van der Waals surface area contributed by atoms with E-state index in [2.05, 4.69) is 16.2 Å². The summed E-state index contributed by atoms with van der Waals surface area (Å²) in [5, 5.41) is 4.49. The third-order valence-electron chi connectivity index (χ3n) is 4.28. The zero-order valence-corrected chi connectivity index (χ0v) is 15.6. The van der Waals surface area contributed by atoms with Crippen LogP contribution in [-0.4, -0.2) is 15.6 Å². The number of hydrogen-bond donors (Lipinski definition) is 1. The Morgan fingerprint density at radius 1 is 1.22 bits per heavy atom. The first-order chi connectivity index (χ1) is 13.1. The molecule has 1 fully saturated rings. The van der Waals surface area contributed by atoms with E-state index in [9.17, 15) is 4.79 Å². The van der Waals surface area contributed by atoms with Crippen LogP contribution in [0, 0.1) is 19.3 Å². The van der Waals surface area contributed by atoms with E-state index in [1.54, 1.807) is 0 Å². The number of hydrogen-bond acceptors (Lipinski definition) is 3. The fourth-order valence-corrected chi connectivity index (χ4v) is 3.81. The highest BCUT2D eigenvalue weighted by molar-refractivity contribution is 8.18. The van der Waals surface area contributed by atoms with Crippen LogP contribution in [0.4, 0.5) is 5.69 Å². The molecular weight excluding hydrogens is 354 g/mol. The first kappa shape index (κ1) is 17.2. The van der Waals surface area contributed by atoms with Gasteiger partial charge < -0.3 is 9.88 Å². The standard InChI is InChI=1S/C22H17N3OS/c1-3-12-25-14-16(18-6-4-5-7-19(18)25)13-20-21(26)24-22(27-20)23-17-10-8-15(2)9-11-17/h1,4-11,13-14H,12H2,2H3,(H,23,24,26)/b20-13-. The summed E-state index contributed by atoms with van der Waals surface area (Å²) < 4.78 is 2.01. The number of aryl methyl sites for hydroxylation is 1. The Morgan fingerprint density at radius 2 is 2.00 bits per heavy atom. The summed E-state index contributed by atoms with van der Waals surface area (Å²) in [7, 11) is 0. The van der Waals surface area contributed by atoms with Crippen molar-refractivity contribution in [2.75, 3.05) is 0 Å². The number of amides is 1. The highest BCUT2D eigenvalue weighted by Gasteiger charge is 2.24. The molecule has 0 radical (unpaired) electrons. The maximum absolute atomic E-state index is 12.4. The largest absolute Gasteiger partial charge is 0.335 e. The Bertz CT molecular complexity index is 1130. The van der Waals surface area contributed by atoms with Crippen LogP contribution in [0.2, 0.25) is 0 Å². The van der Waals surface area contributed by atoms with Gasteiger partial charge in [0, 0.05) is 22.7 Å². The number of rotatable bonds is 3. The van der Waals surface area contributed by atoms with Gasteiger partial charge in [0.25, 0.3) is 5.91 Å². The monoisotopic (exact) mass is 371 g/mol. The second-order valence-electron chi connectivity index (χ2n) is 6.25. The predicted molar refractivity (Wildman–Crippen MR) is 113 cm³/mol. The molecule has 1 N–H and O–H groups in total. The number of fused-ring (bicyclic) bond motifs is 1. The molecule has 0 aliphatic carbocycles. The smallest absolute Gasteiger partial charge is 0.264 e. The minimum atomic E-state index is -0.139. The molecule has 2 aromatic carbocycles. The average Bonchev–Trinajstić information content (AvgIpc) is 3.19. The number of nitrogens with one attached hydrogen (secondary N) is 1. The van der Waals surface area contributed by atoms with Gasteiger partial charge in [0.2, 0.25) is 0 Å². The summed E-state index contributed by atoms with van der Waals surface area (Å²) >= 11 is 1.34. The summed E-state index contributed by atoms with van der Waals surface area (Å²) in [6, 6.07) is 15.9. The van der Waals surface area contributed by atoms with Gasteiger partial charge in [0.15, 0.2) is 5.17 Å². The SMILES string of the molecule is C#CCn1cc(/C=C2\SC(=Nc3ccc(C)cc3)NC2=O)c2ccccc21. The van der Waals surface area contributed by atoms with Crippen molar-refractivity contribution in [3.05, 3.63) is 70.8 Å². The van der Waals surface area contributed by atoms with Gasteiger partial charge in [0.1, 0.15) is 0 Å². The number of nitrogens with zero attached hydrogens (tertiary/aromatic N) is 2. The van der Waals surface area contributed by atoms with Crippen LogP contribution in [-0.2, 0) is 11.3 Å². The van der Waals surface area contributed by atoms with Crippen LogP contribution >= 0.6 is 11.8 Å². The number of carbonyl (C=O) groups excluding carboxylic acids is 1. The Balaban J connectivity index is 1.67. The van der Waals surface area contributed by atoms with E-state index in [1.165, 1.54) is 17.3 Å². The number of benzene rings is 2. The van der Waals surface area contributed by atoms with Gasteiger partial charge in [-0.15, -0.1) is 6.42 Å². The summed E-state index contributed by atoms with van der Waals surface area (Å²) in [6.07, 6.45) is 9.36. The van der Waals surface area contributed by atoms with Crippen molar-refractivity contribution >= 4 is 45.5 Å². The maximum Gasteiger partial charge on any atom is 0.264 e. The molecule has 27 heavy (non-hydrogen) atoms. The molecule has 0 spiro atoms. The van der Waals surface area contributed by atoms with Crippen molar-refractivity contribution in [2.45, 2.75) is 13.5 Å². The molecular formula is C22H17N3OS. The summed E-state index contributed by atoms with van der Waals surface area (Å²) in [5.74, 6) is 2.53. The minimum Gasteiger partial charge on any atom is -0.335 e. The quantitative estimate of drug-likeness (QED) is 0.545. The van der Waals surface area contributed by atoms with Crippen molar-refractivity contribution in [1.82, 2.24) is 9.88 Å². The van der Waals surface area contributed by atoms with E-state index in [1.807, 2.05) is 72.3 Å². The van der Waals surface area contributed by atoms with Gasteiger partial charge >= 0.3 is 0 Å². The molecule has 4 nitrogen and oxygen atoms in total. The summed E-state index contributed by atoms with van der Waals surface area (Å²) in [6.45, 7) is 2.52. The van der Waals surface area contributed by atoms with Crippen LogP contribution in [0.15, 0.2) is 64.6 Å². The highest BCUT2D eigenvalue weighted by Crippen LogP contribution is 2.31. The van der Waals surface area contributed by atoms with Gasteiger partial charge in [-0.25, -0.2) is 4.99 Å². The lowest BCUT2D eigenvalue weighted by atomic mass is 10.1. The molecule has 2 heterocycles. The molecule has 0 bridgehead atoms. The topological polar surface area (TPSA) is 46.4 Å². The number of aromatic nitrogens is 1. The second-order valence-corrected chi connectivity index (χ2v) is 7.28. The lowest BCUT2D eigenvalue weighted by Gasteiger charge is -1.97. The lowest BCUT2D eigenvalue weighted by Crippen LogP contribution is -2.19. The number of amidine groups is 1. The van der Waals surface area contributed by atoms with E-state index in [0.717, 1.165) is 22.2 Å². The Labute approximate surface area is 162 Å². The van der Waals surface area contributed by atoms with Gasteiger partial charge in [-0.05, 0) is 43.0 Å². The number of aliphatic imine (C=N–C) groups is 1. The van der Waals surface area contributed by atoms with Gasteiger partial charge in [-0.1, -0.05) is 41.8 Å². The molecule has 5 heteroatoms. The number of carbonyl (C=O) groups is 1. The molecule has 1 saturated heterocycles. The molecule has 4 rings (SSSR count). The van der Waals surface area contributed by atoms with E-state index < -0.39 is 0 Å². The minimum absolute atomic E-state index is 0.139. The van der Waals surface area contributed by atoms with Crippen molar-refractivity contribution in [3.8, 4) is 12.3 Å². The van der Waals surface area contributed by atoms with Crippen molar-refractivity contribution < 1.29 is 4.79 Å². The van der Waals surface area contributed by atoms with Crippen molar-refractivity contribution in [3.63, 3.8) is 0 Å². The highest BCUT2D eigenvalue weighted by atomic mass is 32.2. The van der Waals surface area contributed by atoms with Crippen molar-refractivity contribution in [2.24, 2.45) is 4.99 Å². The first-order valence-corrected chi connectivity index (χ1v) is 9.33. The Kier molecular flexibility index (Phi) is 4.57. The number of para-hydroxylation sites is 1. The number of thioether (sulfide) groups is 1. The molecule has 1 amide bonds. The van der Waals surface area contributed by atoms with Crippen LogP contribution in [0.3, 0.4) is 0 Å². The number of terminal acetylenes is 1. The Hall–Kier alpha value is -3.23. The predicted octanol–water partition coefficient (Wildman–Crippen LogP) is 4.47. The molecule has 132 valence electrons. The second kappa shape index (κ2) is 7.18. The maximum atomic E-state index is 12.4. The van der Waals surface area contributed by atoms with Gasteiger partial charge in [-0.3, -0.25) is 4.79 Å². The zero-order chi connectivity index (χ0) is 18.8. The van der Waals surface area contributed by atoms with E-state index >= 15 is 0 Å². The molecule has 0 atom stereocenters. The molecule has 0 unspecified atom stereocenters. The van der Waals surface area contributed by atoms with E-state index in [4.69, 9.17) is 6.42 Å². The normalized spacial score (nSPS) is 16.8. The van der Waals surface area contributed by atoms with Crippen LogP contribution in [0.25, 0.3) is 17.0 Å². The fraction of sp³-hybridized carbons (Fsp3) is 0.0909. The van der Waals surface area contributed by atoms with Crippen LogP contribution in [0.1, 0.15) is 11.1 Å². The first-order valence-electron chi connectivity index (χ1n) is 8.51. The summed E-state index contributed by atoms with van der Waals surface area (Å²) in [4.78, 5) is 17.5. The van der Waals surface area contributed by atoms with Crippen molar-refractivity contribution in [1.29, 1.82) is 0 Å². The Morgan fingerprint density at radius 3 is 2.78 bits per heavy atom. The lowest BCUT2D eigenvalue weighted by molar-refractivity contribution is -0.115. The third kappa shape index (κ3) is 3.53. The molecule has 1 aliphatic rings. The average molecular weight is 371 g/mol. The van der Waals surface area contributed by atoms with Crippen LogP contribution < -0.4 is 5.32 Å². The molecule has 0 saturated carbocycles. The van der Waals surface area contributed by atoms with E-state index in [-0.39, 0.29) is 5.91 Å². The molecule has 3 aromatic rings. The van der Waals surface area contributed by atoms with Gasteiger partial charge in [-0.2, -0.15) is 0 Å². The zero-order valence-electron chi connectivity index (χ0n) is 14.8. The fourth-order valence-electron chi connectivity index (χ4n) is 2.98. The summed E-state index contributed by atoms with van der Waals surface area (Å²) in [5.41, 5.74) is 4.01. The van der Waals surface area contributed by atoms with E-state index in [0.29, 0.717) is 16.6 Å². The van der Waals surface area contributed by atoms with Gasteiger partial charge in [0.05, 0.1) is 17.1 Å². The molecule has 1 aromatic heterocycles. The third-order valence-corrected chi connectivity index (χ3v) is 5.19. The van der Waals surface area contributed by atoms with Crippen LogP contribution in [0.5, 0.6) is 0 Å².